The van der Waals surface area contributed by atoms with Crippen LogP contribution in [0.4, 0.5) is 0 Å². The summed E-state index contributed by atoms with van der Waals surface area (Å²) in [4.78, 5) is 12.0. The molecule has 0 aliphatic heterocycles. The Kier molecular flexibility index (Phi) is 7.19. The lowest BCUT2D eigenvalue weighted by molar-refractivity contribution is -0.138. The zero-order valence-electron chi connectivity index (χ0n) is 16.2. The summed E-state index contributed by atoms with van der Waals surface area (Å²) in [6, 6.07) is 11.9. The first-order valence-electron chi connectivity index (χ1n) is 8.37. The third-order valence-electron chi connectivity index (χ3n) is 3.92. The molecule has 0 N–H and O–H groups in total. The lowest BCUT2D eigenvalue weighted by Crippen LogP contribution is -2.22. The highest BCUT2D eigenvalue weighted by Crippen LogP contribution is 2.27. The molecule has 0 radical (unpaired) electrons. The molecule has 2 rings (SSSR count). The van der Waals surface area contributed by atoms with E-state index in [4.69, 9.17) is 14.2 Å². The van der Waals surface area contributed by atoms with Gasteiger partial charge in [-0.3, -0.25) is 0 Å². The van der Waals surface area contributed by atoms with Crippen molar-refractivity contribution < 1.29 is 27.4 Å². The number of nitrogens with zero attached hydrogens (tertiary/aromatic N) is 1. The van der Waals surface area contributed by atoms with E-state index in [9.17, 15) is 13.2 Å². The third kappa shape index (κ3) is 5.11. The second-order valence-corrected chi connectivity index (χ2v) is 8.07. The number of carbonyl (C=O) groups is 1. The maximum Gasteiger partial charge on any atom is 0.331 e. The Morgan fingerprint density at radius 2 is 1.71 bits per heavy atom. The molecule has 0 spiro atoms. The fraction of sp³-hybridized carbons (Fsp3) is 0.250. The highest BCUT2D eigenvalue weighted by Gasteiger charge is 2.22. The van der Waals surface area contributed by atoms with E-state index in [0.717, 1.165) is 9.87 Å². The number of methoxy groups -OCH3 is 2. The Morgan fingerprint density at radius 3 is 2.36 bits per heavy atom. The van der Waals surface area contributed by atoms with Crippen LogP contribution in [0, 0.1) is 0 Å². The quantitative estimate of drug-likeness (QED) is 0.496. The molecular formula is C20H23NO6S. The second-order valence-electron chi connectivity index (χ2n) is 5.95. The Morgan fingerprint density at radius 1 is 1.04 bits per heavy atom. The summed E-state index contributed by atoms with van der Waals surface area (Å²) >= 11 is 0. The van der Waals surface area contributed by atoms with Gasteiger partial charge in [-0.25, -0.2) is 17.5 Å². The first kappa shape index (κ1) is 21.5. The standard InChI is InChI=1S/C20H23NO6S/c1-21(2)28(23,24)19-13-15(9-11-18(19)26-4)10-12-20(22)27-14-16-7-5-6-8-17(16)25-3/h5-13H,14H2,1-4H3/b12-10+. The number of rotatable bonds is 8. The zero-order valence-corrected chi connectivity index (χ0v) is 17.0. The van der Waals surface area contributed by atoms with E-state index in [1.807, 2.05) is 12.1 Å². The van der Waals surface area contributed by atoms with Gasteiger partial charge in [0.25, 0.3) is 0 Å². The predicted molar refractivity (Wildman–Crippen MR) is 106 cm³/mol. The molecule has 8 heteroatoms. The molecule has 0 aliphatic carbocycles. The van der Waals surface area contributed by atoms with Crippen molar-refractivity contribution in [2.24, 2.45) is 0 Å². The molecule has 0 atom stereocenters. The molecule has 0 fully saturated rings. The largest absolute Gasteiger partial charge is 0.496 e. The molecule has 0 bridgehead atoms. The summed E-state index contributed by atoms with van der Waals surface area (Å²) in [5, 5.41) is 0. The smallest absolute Gasteiger partial charge is 0.331 e. The van der Waals surface area contributed by atoms with Gasteiger partial charge in [-0.15, -0.1) is 0 Å². The van der Waals surface area contributed by atoms with Crippen molar-refractivity contribution in [2.45, 2.75) is 11.5 Å². The molecule has 2 aromatic rings. The maximum absolute atomic E-state index is 12.4. The van der Waals surface area contributed by atoms with Crippen LogP contribution in [-0.2, 0) is 26.2 Å². The summed E-state index contributed by atoms with van der Waals surface area (Å²) in [5.41, 5.74) is 1.27. The number of sulfonamides is 1. The number of para-hydroxylation sites is 1. The van der Waals surface area contributed by atoms with Gasteiger partial charge >= 0.3 is 5.97 Å². The van der Waals surface area contributed by atoms with Gasteiger partial charge in [-0.2, -0.15) is 0 Å². The van der Waals surface area contributed by atoms with Crippen LogP contribution in [0.3, 0.4) is 0 Å². The van der Waals surface area contributed by atoms with E-state index in [1.165, 1.54) is 45.5 Å². The van der Waals surface area contributed by atoms with Crippen molar-refractivity contribution in [3.63, 3.8) is 0 Å². The minimum atomic E-state index is -3.69. The Bertz CT molecular complexity index is 966. The molecule has 0 aromatic heterocycles. The Balaban J connectivity index is 2.14. The van der Waals surface area contributed by atoms with E-state index in [-0.39, 0.29) is 17.3 Å². The highest BCUT2D eigenvalue weighted by molar-refractivity contribution is 7.89. The van der Waals surface area contributed by atoms with E-state index in [2.05, 4.69) is 0 Å². The van der Waals surface area contributed by atoms with Crippen molar-refractivity contribution in [1.82, 2.24) is 4.31 Å². The molecule has 150 valence electrons. The predicted octanol–water partition coefficient (Wildman–Crippen LogP) is 2.71. The Hall–Kier alpha value is -2.84. The molecule has 28 heavy (non-hydrogen) atoms. The monoisotopic (exact) mass is 405 g/mol. The number of ether oxygens (including phenoxy) is 3. The van der Waals surface area contributed by atoms with E-state index >= 15 is 0 Å². The van der Waals surface area contributed by atoms with Crippen LogP contribution < -0.4 is 9.47 Å². The molecule has 0 unspecified atom stereocenters. The summed E-state index contributed by atoms with van der Waals surface area (Å²) in [6.07, 6.45) is 2.72. The first-order valence-corrected chi connectivity index (χ1v) is 9.81. The SMILES string of the molecule is COc1ccccc1COC(=O)/C=C/c1ccc(OC)c(S(=O)(=O)N(C)C)c1. The highest BCUT2D eigenvalue weighted by atomic mass is 32.2. The molecule has 2 aromatic carbocycles. The third-order valence-corrected chi connectivity index (χ3v) is 5.76. The minimum absolute atomic E-state index is 0.0181. The lowest BCUT2D eigenvalue weighted by Gasteiger charge is -2.15. The van der Waals surface area contributed by atoms with Crippen molar-refractivity contribution in [3.8, 4) is 11.5 Å². The van der Waals surface area contributed by atoms with Gasteiger partial charge < -0.3 is 14.2 Å². The van der Waals surface area contributed by atoms with E-state index in [1.54, 1.807) is 25.3 Å². The van der Waals surface area contributed by atoms with Gasteiger partial charge in [0.2, 0.25) is 10.0 Å². The number of hydrogen-bond donors (Lipinski definition) is 0. The number of esters is 1. The van der Waals surface area contributed by atoms with Crippen LogP contribution in [0.5, 0.6) is 11.5 Å². The number of carbonyl (C=O) groups excluding carboxylic acids is 1. The molecule has 0 saturated heterocycles. The first-order chi connectivity index (χ1) is 13.3. The Labute approximate surface area is 165 Å². The summed E-state index contributed by atoms with van der Waals surface area (Å²) in [5.74, 6) is 0.302. The van der Waals surface area contributed by atoms with Crippen LogP contribution in [0.1, 0.15) is 11.1 Å². The van der Waals surface area contributed by atoms with Gasteiger partial charge in [0.1, 0.15) is 23.0 Å². The molecule has 0 aliphatic rings. The topological polar surface area (TPSA) is 82.1 Å². The van der Waals surface area contributed by atoms with Gasteiger partial charge in [-0.05, 0) is 29.8 Å². The van der Waals surface area contributed by atoms with Gasteiger partial charge in [0, 0.05) is 25.7 Å². The zero-order chi connectivity index (χ0) is 20.7. The van der Waals surface area contributed by atoms with Crippen molar-refractivity contribution in [2.75, 3.05) is 28.3 Å². The maximum atomic E-state index is 12.4. The van der Waals surface area contributed by atoms with Crippen LogP contribution in [0.15, 0.2) is 53.4 Å². The molecular weight excluding hydrogens is 382 g/mol. The van der Waals surface area contributed by atoms with Gasteiger partial charge in [-0.1, -0.05) is 24.3 Å². The fourth-order valence-electron chi connectivity index (χ4n) is 2.38. The normalized spacial score (nSPS) is 11.6. The van der Waals surface area contributed by atoms with Crippen molar-refractivity contribution in [1.29, 1.82) is 0 Å². The van der Waals surface area contributed by atoms with E-state index in [0.29, 0.717) is 11.3 Å². The minimum Gasteiger partial charge on any atom is -0.496 e. The van der Waals surface area contributed by atoms with Crippen LogP contribution in [-0.4, -0.2) is 47.0 Å². The average molecular weight is 405 g/mol. The van der Waals surface area contributed by atoms with Gasteiger partial charge in [0.05, 0.1) is 14.2 Å². The fourth-order valence-corrected chi connectivity index (χ4v) is 3.46. The average Bonchev–Trinajstić information content (AvgIpc) is 2.70. The molecule has 0 heterocycles. The number of hydrogen-bond acceptors (Lipinski definition) is 6. The van der Waals surface area contributed by atoms with Crippen molar-refractivity contribution in [3.05, 3.63) is 59.7 Å². The number of benzene rings is 2. The van der Waals surface area contributed by atoms with E-state index < -0.39 is 16.0 Å². The molecule has 0 saturated carbocycles. The van der Waals surface area contributed by atoms with Crippen LogP contribution >= 0.6 is 0 Å². The summed E-state index contributed by atoms with van der Waals surface area (Å²) < 4.78 is 41.5. The second kappa shape index (κ2) is 9.38. The molecule has 0 amide bonds. The van der Waals surface area contributed by atoms with Crippen LogP contribution in [0.25, 0.3) is 6.08 Å². The molecule has 7 nitrogen and oxygen atoms in total. The van der Waals surface area contributed by atoms with Gasteiger partial charge in [0.15, 0.2) is 0 Å². The lowest BCUT2D eigenvalue weighted by atomic mass is 10.2. The van der Waals surface area contributed by atoms with Crippen LogP contribution in [0.2, 0.25) is 0 Å². The summed E-state index contributed by atoms with van der Waals surface area (Å²) in [6.45, 7) is 0.0655. The summed E-state index contributed by atoms with van der Waals surface area (Å²) in [7, 11) is 2.13. The van der Waals surface area contributed by atoms with Crippen molar-refractivity contribution >= 4 is 22.1 Å².